The summed E-state index contributed by atoms with van der Waals surface area (Å²) >= 11 is 0. The first-order valence-electron chi connectivity index (χ1n) is 9.93. The van der Waals surface area contributed by atoms with E-state index in [9.17, 15) is 22.4 Å². The van der Waals surface area contributed by atoms with Crippen LogP contribution in [-0.2, 0) is 15.1 Å². The fourth-order valence-corrected chi connectivity index (χ4v) is 3.81. The van der Waals surface area contributed by atoms with Gasteiger partial charge in [0.05, 0.1) is 12.1 Å². The van der Waals surface area contributed by atoms with Gasteiger partial charge in [0.1, 0.15) is 5.82 Å². The first-order chi connectivity index (χ1) is 14.1. The molecule has 3 rings (SSSR count). The molecule has 1 heterocycles. The number of benzene rings is 1. The Morgan fingerprint density at radius 3 is 2.27 bits per heavy atom. The molecule has 3 N–H and O–H groups in total. The molecule has 168 valence electrons. The molecule has 6 nitrogen and oxygen atoms in total. The molecule has 10 heteroatoms. The van der Waals surface area contributed by atoms with E-state index in [1.807, 2.05) is 6.07 Å². The monoisotopic (exact) mass is 433 g/mol. The average molecular weight is 433 g/mol. The van der Waals surface area contributed by atoms with Crippen molar-refractivity contribution in [2.45, 2.75) is 43.8 Å². The molecule has 0 radical (unpaired) electrons. The van der Waals surface area contributed by atoms with Crippen molar-refractivity contribution in [3.05, 3.63) is 35.6 Å². The lowest BCUT2D eigenvalue weighted by atomic mass is 9.76. The summed E-state index contributed by atoms with van der Waals surface area (Å²) in [5.74, 6) is -2.94. The van der Waals surface area contributed by atoms with Crippen LogP contribution >= 0.6 is 0 Å². The molecule has 0 atom stereocenters. The van der Waals surface area contributed by atoms with Crippen LogP contribution in [0.5, 0.6) is 0 Å². The molecule has 30 heavy (non-hydrogen) atoms. The van der Waals surface area contributed by atoms with Crippen molar-refractivity contribution in [1.29, 1.82) is 0 Å². The zero-order chi connectivity index (χ0) is 22.2. The molecule has 1 aliphatic heterocycles. The largest absolute Gasteiger partial charge is 0.490 e. The molecule has 0 spiro atoms. The van der Waals surface area contributed by atoms with Crippen molar-refractivity contribution < 1.29 is 32.3 Å². The maximum atomic E-state index is 13.7. The van der Waals surface area contributed by atoms with E-state index < -0.39 is 17.7 Å². The highest BCUT2D eigenvalue weighted by Crippen LogP contribution is 2.37. The van der Waals surface area contributed by atoms with Gasteiger partial charge in [0.25, 0.3) is 0 Å². The van der Waals surface area contributed by atoms with Crippen molar-refractivity contribution in [3.8, 4) is 0 Å². The summed E-state index contributed by atoms with van der Waals surface area (Å²) in [5, 5.41) is 13.7. The van der Waals surface area contributed by atoms with E-state index in [-0.39, 0.29) is 11.7 Å². The van der Waals surface area contributed by atoms with Crippen LogP contribution in [0.1, 0.15) is 37.7 Å². The van der Waals surface area contributed by atoms with Gasteiger partial charge in [-0.1, -0.05) is 31.4 Å². The Labute approximate surface area is 172 Å². The second-order valence-electron chi connectivity index (χ2n) is 7.53. The van der Waals surface area contributed by atoms with E-state index in [2.05, 4.69) is 15.5 Å². The third kappa shape index (κ3) is 7.24. The van der Waals surface area contributed by atoms with E-state index in [4.69, 9.17) is 9.90 Å². The zero-order valence-electron chi connectivity index (χ0n) is 16.6. The van der Waals surface area contributed by atoms with Gasteiger partial charge >= 0.3 is 12.1 Å². The van der Waals surface area contributed by atoms with Gasteiger partial charge in [-0.05, 0) is 30.5 Å². The summed E-state index contributed by atoms with van der Waals surface area (Å²) < 4.78 is 45.4. The number of nitrogens with one attached hydrogen (secondary N) is 2. The first-order valence-corrected chi connectivity index (χ1v) is 9.93. The second-order valence-corrected chi connectivity index (χ2v) is 7.53. The lowest BCUT2D eigenvalue weighted by Crippen LogP contribution is -2.53. The smallest absolute Gasteiger partial charge is 0.475 e. The number of carboxylic acids is 1. The third-order valence-electron chi connectivity index (χ3n) is 5.28. The maximum absolute atomic E-state index is 13.7. The number of halogens is 4. The van der Waals surface area contributed by atoms with Gasteiger partial charge in [-0.2, -0.15) is 13.2 Å². The molecule has 0 aromatic heterocycles. The normalized spacial score (nSPS) is 19.3. The van der Waals surface area contributed by atoms with Crippen LogP contribution in [0.25, 0.3) is 0 Å². The molecule has 1 aliphatic carbocycles. The van der Waals surface area contributed by atoms with Crippen LogP contribution < -0.4 is 10.6 Å². The number of nitrogens with zero attached hydrogens (tertiary/aromatic N) is 1. The van der Waals surface area contributed by atoms with Crippen molar-refractivity contribution >= 4 is 11.9 Å². The quantitative estimate of drug-likeness (QED) is 0.636. The minimum absolute atomic E-state index is 0.0538. The molecule has 1 saturated heterocycles. The second kappa shape index (κ2) is 10.7. The predicted molar refractivity (Wildman–Crippen MR) is 102 cm³/mol. The Kier molecular flexibility index (Phi) is 8.60. The Bertz CT molecular complexity index is 715. The fraction of sp³-hybridized carbons (Fsp3) is 0.600. The van der Waals surface area contributed by atoms with Crippen LogP contribution in [-0.4, -0.2) is 60.8 Å². The number of hydrogen-bond donors (Lipinski definition) is 3. The predicted octanol–water partition coefficient (Wildman–Crippen LogP) is 2.64. The van der Waals surface area contributed by atoms with Gasteiger partial charge in [0, 0.05) is 26.2 Å². The molecular formula is C20H27F4N3O3. The van der Waals surface area contributed by atoms with Gasteiger partial charge in [-0.15, -0.1) is 0 Å². The number of carbonyl (C=O) groups excluding carboxylic acids is 1. The lowest BCUT2D eigenvalue weighted by molar-refractivity contribution is -0.192. The molecule has 2 aliphatic rings. The highest BCUT2D eigenvalue weighted by Gasteiger charge is 2.38. The molecule has 1 aromatic carbocycles. The molecule has 1 saturated carbocycles. The summed E-state index contributed by atoms with van der Waals surface area (Å²) in [4.78, 5) is 23.6. The number of rotatable bonds is 4. The number of carboxylic acid groups (broad SMARTS) is 1. The topological polar surface area (TPSA) is 81.7 Å². The number of amides is 1. The van der Waals surface area contributed by atoms with E-state index in [0.29, 0.717) is 6.54 Å². The summed E-state index contributed by atoms with van der Waals surface area (Å²) in [7, 11) is 0. The van der Waals surface area contributed by atoms with E-state index >= 15 is 0 Å². The van der Waals surface area contributed by atoms with Crippen molar-refractivity contribution in [1.82, 2.24) is 15.5 Å². The summed E-state index contributed by atoms with van der Waals surface area (Å²) in [5.41, 5.74) is 0.511. The van der Waals surface area contributed by atoms with E-state index in [0.717, 1.165) is 57.4 Å². The van der Waals surface area contributed by atoms with Gasteiger partial charge < -0.3 is 15.7 Å². The Morgan fingerprint density at radius 2 is 1.73 bits per heavy atom. The SMILES string of the molecule is O=C(CN1CCNCC1)NC1(c2cccc(F)c2)CCCCC1.O=C(O)C(F)(F)F. The highest BCUT2D eigenvalue weighted by atomic mass is 19.4. The minimum atomic E-state index is -5.08. The third-order valence-corrected chi connectivity index (χ3v) is 5.28. The number of carbonyl (C=O) groups is 2. The molecule has 1 amide bonds. The standard InChI is InChI=1S/C18H26FN3O.C2HF3O2/c19-16-6-4-5-15(13-16)18(7-2-1-3-8-18)21-17(23)14-22-11-9-20-10-12-22;3-2(4,5)1(6)7/h4-6,13,20H,1-3,7-12,14H2,(H,21,23);(H,6,7). The Morgan fingerprint density at radius 1 is 1.13 bits per heavy atom. The highest BCUT2D eigenvalue weighted by molar-refractivity contribution is 5.79. The summed E-state index contributed by atoms with van der Waals surface area (Å²) in [6.07, 6.45) is 0.0348. The maximum Gasteiger partial charge on any atom is 0.490 e. The van der Waals surface area contributed by atoms with Gasteiger partial charge in [0.2, 0.25) is 5.91 Å². The van der Waals surface area contributed by atoms with Gasteiger partial charge in [0.15, 0.2) is 0 Å². The van der Waals surface area contributed by atoms with Crippen LogP contribution in [0.3, 0.4) is 0 Å². The number of piperazine rings is 1. The van der Waals surface area contributed by atoms with Gasteiger partial charge in [-0.3, -0.25) is 9.69 Å². The van der Waals surface area contributed by atoms with Crippen LogP contribution in [0.4, 0.5) is 17.6 Å². The van der Waals surface area contributed by atoms with E-state index in [1.165, 1.54) is 12.5 Å². The molecule has 0 bridgehead atoms. The van der Waals surface area contributed by atoms with Crippen LogP contribution in [0.2, 0.25) is 0 Å². The minimum Gasteiger partial charge on any atom is -0.475 e. The average Bonchev–Trinajstić information content (AvgIpc) is 2.69. The Hall–Kier alpha value is -2.20. The zero-order valence-corrected chi connectivity index (χ0v) is 16.6. The fourth-order valence-electron chi connectivity index (χ4n) is 3.81. The first kappa shape index (κ1) is 24.1. The number of hydrogen-bond acceptors (Lipinski definition) is 4. The van der Waals surface area contributed by atoms with Crippen molar-refractivity contribution in [2.24, 2.45) is 0 Å². The molecule has 2 fully saturated rings. The number of alkyl halides is 3. The number of aliphatic carboxylic acids is 1. The van der Waals surface area contributed by atoms with Crippen molar-refractivity contribution in [3.63, 3.8) is 0 Å². The van der Waals surface area contributed by atoms with Crippen LogP contribution in [0, 0.1) is 5.82 Å². The van der Waals surface area contributed by atoms with Crippen molar-refractivity contribution in [2.75, 3.05) is 32.7 Å². The molecule has 1 aromatic rings. The van der Waals surface area contributed by atoms with Gasteiger partial charge in [-0.25, -0.2) is 9.18 Å². The summed E-state index contributed by atoms with van der Waals surface area (Å²) in [6.45, 7) is 4.10. The van der Waals surface area contributed by atoms with E-state index in [1.54, 1.807) is 12.1 Å². The summed E-state index contributed by atoms with van der Waals surface area (Å²) in [6, 6.07) is 6.72. The Balaban J connectivity index is 0.000000396. The molecule has 0 unspecified atom stereocenters. The molecular weight excluding hydrogens is 406 g/mol. The van der Waals surface area contributed by atoms with Crippen LogP contribution in [0.15, 0.2) is 24.3 Å². The lowest BCUT2D eigenvalue weighted by Gasteiger charge is -2.39.